The molecule has 0 radical (unpaired) electrons. The van der Waals surface area contributed by atoms with Gasteiger partial charge in [0.25, 0.3) is 0 Å². The minimum atomic E-state index is 0.533. The molecule has 0 saturated carbocycles. The van der Waals surface area contributed by atoms with Crippen LogP contribution >= 0.6 is 0 Å². The lowest BCUT2D eigenvalue weighted by Gasteiger charge is -2.22. The first-order valence-corrected chi connectivity index (χ1v) is 5.47. The van der Waals surface area contributed by atoms with Crippen molar-refractivity contribution in [3.05, 3.63) is 18.1 Å². The summed E-state index contributed by atoms with van der Waals surface area (Å²) in [6.45, 7) is 2.17. The number of piperidine rings is 1. The van der Waals surface area contributed by atoms with Gasteiger partial charge in [0.1, 0.15) is 5.82 Å². The van der Waals surface area contributed by atoms with E-state index in [0.29, 0.717) is 5.92 Å². The summed E-state index contributed by atoms with van der Waals surface area (Å²) in [6.07, 6.45) is 6.15. The van der Waals surface area contributed by atoms with Crippen LogP contribution in [0.5, 0.6) is 0 Å². The summed E-state index contributed by atoms with van der Waals surface area (Å²) in [5.41, 5.74) is 1.12. The lowest BCUT2D eigenvalue weighted by molar-refractivity contribution is 0.454. The zero-order chi connectivity index (χ0) is 10.7. The molecule has 1 aromatic rings. The molecule has 4 nitrogen and oxygen atoms in total. The van der Waals surface area contributed by atoms with E-state index in [1.165, 1.54) is 12.8 Å². The summed E-state index contributed by atoms with van der Waals surface area (Å²) in [6, 6.07) is 0. The van der Waals surface area contributed by atoms with Crippen LogP contribution in [0.1, 0.15) is 24.5 Å². The second-order valence-corrected chi connectivity index (χ2v) is 4.24. The predicted octanol–water partition coefficient (Wildman–Crippen LogP) is 1.01. The Bertz CT molecular complexity index is 318. The molecule has 0 spiro atoms. The van der Waals surface area contributed by atoms with Gasteiger partial charge in [0.05, 0.1) is 11.9 Å². The maximum atomic E-state index is 4.62. The highest BCUT2D eigenvalue weighted by Crippen LogP contribution is 2.21. The van der Waals surface area contributed by atoms with Crippen molar-refractivity contribution in [1.29, 1.82) is 0 Å². The number of nitrogens with zero attached hydrogens (tertiary/aromatic N) is 3. The van der Waals surface area contributed by atoms with Crippen molar-refractivity contribution in [1.82, 2.24) is 15.3 Å². The van der Waals surface area contributed by atoms with E-state index in [2.05, 4.69) is 15.3 Å². The molecule has 1 aromatic heterocycles. The number of anilines is 1. The lowest BCUT2D eigenvalue weighted by Crippen LogP contribution is -2.29. The second-order valence-electron chi connectivity index (χ2n) is 4.24. The number of rotatable bonds is 2. The van der Waals surface area contributed by atoms with Crippen LogP contribution in [0.2, 0.25) is 0 Å². The third kappa shape index (κ3) is 2.45. The van der Waals surface area contributed by atoms with Crippen LogP contribution in [0.4, 0.5) is 5.82 Å². The van der Waals surface area contributed by atoms with E-state index in [1.807, 2.05) is 25.2 Å². The molecule has 15 heavy (non-hydrogen) atoms. The van der Waals surface area contributed by atoms with Gasteiger partial charge >= 0.3 is 0 Å². The molecule has 4 heteroatoms. The van der Waals surface area contributed by atoms with Crippen LogP contribution < -0.4 is 10.2 Å². The fourth-order valence-electron chi connectivity index (χ4n) is 1.89. The number of aromatic nitrogens is 2. The quantitative estimate of drug-likeness (QED) is 0.784. The monoisotopic (exact) mass is 206 g/mol. The highest BCUT2D eigenvalue weighted by Gasteiger charge is 2.17. The average molecular weight is 206 g/mol. The van der Waals surface area contributed by atoms with Gasteiger partial charge in [0.2, 0.25) is 0 Å². The zero-order valence-corrected chi connectivity index (χ0v) is 9.40. The molecular weight excluding hydrogens is 188 g/mol. The summed E-state index contributed by atoms with van der Waals surface area (Å²) in [5, 5.41) is 3.40. The maximum Gasteiger partial charge on any atom is 0.146 e. The minimum Gasteiger partial charge on any atom is -0.361 e. The van der Waals surface area contributed by atoms with E-state index in [0.717, 1.165) is 24.6 Å². The molecule has 0 amide bonds. The van der Waals surface area contributed by atoms with Crippen LogP contribution in [-0.4, -0.2) is 37.2 Å². The fourth-order valence-corrected chi connectivity index (χ4v) is 1.89. The van der Waals surface area contributed by atoms with Crippen LogP contribution in [0.25, 0.3) is 0 Å². The van der Waals surface area contributed by atoms with Crippen molar-refractivity contribution >= 4 is 5.82 Å². The van der Waals surface area contributed by atoms with E-state index in [-0.39, 0.29) is 0 Å². The van der Waals surface area contributed by atoms with Gasteiger partial charge in [-0.2, -0.15) is 0 Å². The van der Waals surface area contributed by atoms with Crippen LogP contribution in [0.3, 0.4) is 0 Å². The molecule has 1 aliphatic rings. The van der Waals surface area contributed by atoms with Crippen molar-refractivity contribution in [3.63, 3.8) is 0 Å². The van der Waals surface area contributed by atoms with Crippen molar-refractivity contribution in [3.8, 4) is 0 Å². The zero-order valence-electron chi connectivity index (χ0n) is 9.40. The molecule has 1 fully saturated rings. The minimum absolute atomic E-state index is 0.533. The summed E-state index contributed by atoms with van der Waals surface area (Å²) < 4.78 is 0. The molecular formula is C11H18N4. The van der Waals surface area contributed by atoms with Crippen LogP contribution in [0.15, 0.2) is 12.4 Å². The summed E-state index contributed by atoms with van der Waals surface area (Å²) in [7, 11) is 3.99. The molecule has 0 aliphatic carbocycles. The molecule has 1 N–H and O–H groups in total. The standard InChI is InChI=1S/C11H18N4/c1-15(2)11-8-13-7-10(14-11)9-4-3-5-12-6-9/h7-9,12H,3-6H2,1-2H3. The Balaban J connectivity index is 2.16. The van der Waals surface area contributed by atoms with Gasteiger partial charge in [0, 0.05) is 32.8 Å². The van der Waals surface area contributed by atoms with Gasteiger partial charge in [-0.25, -0.2) is 4.98 Å². The maximum absolute atomic E-state index is 4.62. The smallest absolute Gasteiger partial charge is 0.146 e. The molecule has 1 atom stereocenters. The van der Waals surface area contributed by atoms with Gasteiger partial charge in [0.15, 0.2) is 0 Å². The van der Waals surface area contributed by atoms with Crippen LogP contribution in [0, 0.1) is 0 Å². The highest BCUT2D eigenvalue weighted by atomic mass is 15.1. The summed E-state index contributed by atoms with van der Waals surface area (Å²) in [4.78, 5) is 10.9. The summed E-state index contributed by atoms with van der Waals surface area (Å²) in [5.74, 6) is 1.48. The molecule has 2 rings (SSSR count). The largest absolute Gasteiger partial charge is 0.361 e. The second kappa shape index (κ2) is 4.57. The summed E-state index contributed by atoms with van der Waals surface area (Å²) >= 11 is 0. The van der Waals surface area contributed by atoms with Crippen molar-refractivity contribution in [2.24, 2.45) is 0 Å². The molecule has 1 aliphatic heterocycles. The first-order valence-electron chi connectivity index (χ1n) is 5.47. The number of hydrogen-bond donors (Lipinski definition) is 1. The molecule has 1 saturated heterocycles. The van der Waals surface area contributed by atoms with Gasteiger partial charge in [-0.05, 0) is 19.4 Å². The molecule has 1 unspecified atom stereocenters. The Kier molecular flexibility index (Phi) is 3.16. The Morgan fingerprint density at radius 2 is 2.27 bits per heavy atom. The number of hydrogen-bond acceptors (Lipinski definition) is 4. The van der Waals surface area contributed by atoms with Crippen LogP contribution in [-0.2, 0) is 0 Å². The Hall–Kier alpha value is -1.16. The third-order valence-corrected chi connectivity index (χ3v) is 2.81. The highest BCUT2D eigenvalue weighted by molar-refractivity contribution is 5.34. The first-order chi connectivity index (χ1) is 7.27. The predicted molar refractivity (Wildman–Crippen MR) is 61.2 cm³/mol. The lowest BCUT2D eigenvalue weighted by atomic mass is 9.96. The van der Waals surface area contributed by atoms with Crippen molar-refractivity contribution in [2.45, 2.75) is 18.8 Å². The Morgan fingerprint density at radius 3 is 2.93 bits per heavy atom. The van der Waals surface area contributed by atoms with Gasteiger partial charge < -0.3 is 10.2 Å². The topological polar surface area (TPSA) is 41.1 Å². The van der Waals surface area contributed by atoms with E-state index >= 15 is 0 Å². The van der Waals surface area contributed by atoms with E-state index in [4.69, 9.17) is 0 Å². The SMILES string of the molecule is CN(C)c1cncc(C2CCCNC2)n1. The molecule has 0 bridgehead atoms. The van der Waals surface area contributed by atoms with E-state index in [1.54, 1.807) is 6.20 Å². The first kappa shape index (κ1) is 10.4. The van der Waals surface area contributed by atoms with Gasteiger partial charge in [-0.3, -0.25) is 4.98 Å². The van der Waals surface area contributed by atoms with E-state index in [9.17, 15) is 0 Å². The third-order valence-electron chi connectivity index (χ3n) is 2.81. The van der Waals surface area contributed by atoms with Crippen molar-refractivity contribution in [2.75, 3.05) is 32.1 Å². The Labute approximate surface area is 90.7 Å². The van der Waals surface area contributed by atoms with Crippen molar-refractivity contribution < 1.29 is 0 Å². The molecule has 0 aromatic carbocycles. The normalized spacial score (nSPS) is 21.3. The fraction of sp³-hybridized carbons (Fsp3) is 0.636. The Morgan fingerprint density at radius 1 is 1.40 bits per heavy atom. The van der Waals surface area contributed by atoms with E-state index < -0.39 is 0 Å². The molecule has 2 heterocycles. The van der Waals surface area contributed by atoms with Gasteiger partial charge in [-0.15, -0.1) is 0 Å². The number of nitrogens with one attached hydrogen (secondary N) is 1. The molecule has 82 valence electrons. The van der Waals surface area contributed by atoms with Gasteiger partial charge in [-0.1, -0.05) is 0 Å². The average Bonchev–Trinajstić information content (AvgIpc) is 2.30.